The van der Waals surface area contributed by atoms with Gasteiger partial charge in [0.05, 0.1) is 24.7 Å². The number of nitrogens with zero attached hydrogens (tertiary/aromatic N) is 4. The van der Waals surface area contributed by atoms with Gasteiger partial charge in [0.2, 0.25) is 11.8 Å². The highest BCUT2D eigenvalue weighted by molar-refractivity contribution is 6.01. The number of carbonyl (C=O) groups excluding carboxylic acids is 2. The summed E-state index contributed by atoms with van der Waals surface area (Å²) in [5, 5.41) is 10.3. The van der Waals surface area contributed by atoms with E-state index in [0.29, 0.717) is 18.7 Å². The maximum absolute atomic E-state index is 13.0. The van der Waals surface area contributed by atoms with Crippen LogP contribution >= 0.6 is 0 Å². The summed E-state index contributed by atoms with van der Waals surface area (Å²) in [5.41, 5.74) is 4.33. The van der Waals surface area contributed by atoms with E-state index in [4.69, 9.17) is 4.84 Å². The molecule has 2 amide bonds. The smallest absolute Gasteiger partial charge is 0.234 e. The van der Waals surface area contributed by atoms with Crippen molar-refractivity contribution in [3.05, 3.63) is 95.8 Å². The van der Waals surface area contributed by atoms with Crippen LogP contribution in [0.25, 0.3) is 0 Å². The van der Waals surface area contributed by atoms with Crippen molar-refractivity contribution in [1.29, 1.82) is 0 Å². The normalized spacial score (nSPS) is 18.6. The molecule has 0 aliphatic carbocycles. The van der Waals surface area contributed by atoms with Gasteiger partial charge in [-0.25, -0.2) is 0 Å². The van der Waals surface area contributed by atoms with Gasteiger partial charge < -0.3 is 20.4 Å². The number of likely N-dealkylation sites (N-methyl/N-ethyl adjacent to an activating group) is 1. The Morgan fingerprint density at radius 1 is 0.949 bits per heavy atom. The molecule has 0 radical (unpaired) electrons. The van der Waals surface area contributed by atoms with Crippen LogP contribution in [0, 0.1) is 0 Å². The van der Waals surface area contributed by atoms with Gasteiger partial charge in [0.25, 0.3) is 0 Å². The second kappa shape index (κ2) is 12.6. The zero-order chi connectivity index (χ0) is 27.0. The lowest BCUT2D eigenvalue weighted by Crippen LogP contribution is -2.48. The molecule has 9 nitrogen and oxygen atoms in total. The molecule has 0 bridgehead atoms. The fourth-order valence-electron chi connectivity index (χ4n) is 4.84. The molecular weight excluding hydrogens is 492 g/mol. The fraction of sp³-hybridized carbons (Fsp3) is 0.333. The Morgan fingerprint density at radius 2 is 1.69 bits per heavy atom. The van der Waals surface area contributed by atoms with Gasteiger partial charge in [0.1, 0.15) is 6.10 Å². The van der Waals surface area contributed by atoms with Crippen molar-refractivity contribution in [1.82, 2.24) is 20.1 Å². The first-order chi connectivity index (χ1) is 19.0. The monoisotopic (exact) mass is 526 g/mol. The molecule has 2 aliphatic heterocycles. The highest BCUT2D eigenvalue weighted by atomic mass is 16.6. The van der Waals surface area contributed by atoms with Gasteiger partial charge in [-0.1, -0.05) is 47.6 Å². The Kier molecular flexibility index (Phi) is 8.60. The predicted molar refractivity (Wildman–Crippen MR) is 150 cm³/mol. The molecule has 2 atom stereocenters. The maximum Gasteiger partial charge on any atom is 0.234 e. The lowest BCUT2D eigenvalue weighted by atomic mass is 9.98. The Balaban J connectivity index is 1.18. The topological polar surface area (TPSA) is 99.2 Å². The molecule has 5 rings (SSSR count). The third kappa shape index (κ3) is 7.28. The molecule has 2 aromatic carbocycles. The van der Waals surface area contributed by atoms with Crippen LogP contribution in [0.1, 0.15) is 35.6 Å². The Morgan fingerprint density at radius 3 is 2.41 bits per heavy atom. The Hall–Kier alpha value is -4.08. The van der Waals surface area contributed by atoms with Crippen LogP contribution < -0.4 is 10.6 Å². The number of carbonyl (C=O) groups is 2. The van der Waals surface area contributed by atoms with Crippen LogP contribution in [0.3, 0.4) is 0 Å². The number of nitrogens with one attached hydrogen (secondary N) is 2. The highest BCUT2D eigenvalue weighted by Gasteiger charge is 2.25. The summed E-state index contributed by atoms with van der Waals surface area (Å²) in [5.74, 6) is -0.148. The second-order valence-electron chi connectivity index (χ2n) is 10.1. The van der Waals surface area contributed by atoms with E-state index >= 15 is 0 Å². The summed E-state index contributed by atoms with van der Waals surface area (Å²) >= 11 is 0. The number of rotatable bonds is 9. The third-order valence-corrected chi connectivity index (χ3v) is 7.07. The first-order valence-corrected chi connectivity index (χ1v) is 13.3. The third-order valence-electron chi connectivity index (χ3n) is 7.07. The lowest BCUT2D eigenvalue weighted by molar-refractivity contribution is -0.123. The van der Waals surface area contributed by atoms with Crippen LogP contribution in [0.2, 0.25) is 0 Å². The first-order valence-electron chi connectivity index (χ1n) is 13.3. The second-order valence-corrected chi connectivity index (χ2v) is 10.1. The van der Waals surface area contributed by atoms with Gasteiger partial charge in [-0.2, -0.15) is 0 Å². The minimum absolute atomic E-state index is 0.00442. The number of aromatic nitrogens is 1. The van der Waals surface area contributed by atoms with Crippen molar-refractivity contribution < 1.29 is 14.4 Å². The number of piperazine rings is 1. The molecule has 9 heteroatoms. The van der Waals surface area contributed by atoms with E-state index < -0.39 is 0 Å². The average molecular weight is 527 g/mol. The van der Waals surface area contributed by atoms with Crippen molar-refractivity contribution in [2.24, 2.45) is 5.16 Å². The number of anilines is 1. The molecule has 1 aromatic heterocycles. The quantitative estimate of drug-likeness (QED) is 0.445. The van der Waals surface area contributed by atoms with E-state index in [2.05, 4.69) is 37.6 Å². The van der Waals surface area contributed by atoms with E-state index in [1.807, 2.05) is 66.7 Å². The minimum Gasteiger partial charge on any atom is -0.391 e. The van der Waals surface area contributed by atoms with Crippen LogP contribution in [0.4, 0.5) is 5.69 Å². The molecule has 3 aromatic rings. The number of pyridine rings is 1. The van der Waals surface area contributed by atoms with Crippen molar-refractivity contribution in [3.63, 3.8) is 0 Å². The Bertz CT molecular complexity index is 1280. The van der Waals surface area contributed by atoms with Gasteiger partial charge in [0.15, 0.2) is 0 Å². The summed E-state index contributed by atoms with van der Waals surface area (Å²) in [6.07, 6.45) is 3.90. The van der Waals surface area contributed by atoms with Gasteiger partial charge in [-0.15, -0.1) is 0 Å². The standard InChI is InChI=1S/C30H34N6O3/c1-35-14-16-36(17-15-35)21-29(38)33-30(22-6-3-2-4-7-22)23-9-11-25(12-10-23)32-28(37)19-26-18-27(34-39-26)24-8-5-13-31-20-24/h2-13,20,26,30H,14-19,21H2,1H3,(H,32,37)(H,33,38). The molecule has 2 N–H and O–H groups in total. The highest BCUT2D eigenvalue weighted by Crippen LogP contribution is 2.24. The molecule has 0 spiro atoms. The summed E-state index contributed by atoms with van der Waals surface area (Å²) in [6, 6.07) is 21.0. The molecule has 1 fully saturated rings. The van der Waals surface area contributed by atoms with E-state index in [9.17, 15) is 9.59 Å². The predicted octanol–water partition coefficient (Wildman–Crippen LogP) is 3.06. The van der Waals surface area contributed by atoms with Crippen LogP contribution in [-0.4, -0.2) is 78.2 Å². The SMILES string of the molecule is CN1CCN(CC(=O)NC(c2ccccc2)c2ccc(NC(=O)CC3CC(c4cccnc4)=NO3)cc2)CC1. The molecule has 0 saturated carbocycles. The Labute approximate surface area is 228 Å². The van der Waals surface area contributed by atoms with Gasteiger partial charge >= 0.3 is 0 Å². The average Bonchev–Trinajstić information content (AvgIpc) is 3.43. The van der Waals surface area contributed by atoms with Gasteiger partial charge in [-0.3, -0.25) is 19.5 Å². The number of hydrogen-bond acceptors (Lipinski definition) is 7. The van der Waals surface area contributed by atoms with Crippen LogP contribution in [0.15, 0.2) is 84.3 Å². The number of amides is 2. The summed E-state index contributed by atoms with van der Waals surface area (Å²) in [7, 11) is 2.10. The summed E-state index contributed by atoms with van der Waals surface area (Å²) in [4.78, 5) is 39.7. The van der Waals surface area contributed by atoms with Crippen molar-refractivity contribution in [3.8, 4) is 0 Å². The zero-order valence-electron chi connectivity index (χ0n) is 22.1. The first kappa shape index (κ1) is 26.5. The van der Waals surface area contributed by atoms with Crippen LogP contribution in [-0.2, 0) is 14.4 Å². The fourth-order valence-corrected chi connectivity index (χ4v) is 4.84. The van der Waals surface area contributed by atoms with Crippen LogP contribution in [0.5, 0.6) is 0 Å². The molecule has 1 saturated heterocycles. The molecule has 2 unspecified atom stereocenters. The van der Waals surface area contributed by atoms with Gasteiger partial charge in [-0.05, 0) is 42.4 Å². The molecule has 202 valence electrons. The van der Waals surface area contributed by atoms with E-state index in [-0.39, 0.29) is 30.4 Å². The number of hydrogen-bond donors (Lipinski definition) is 2. The van der Waals surface area contributed by atoms with Crippen molar-refractivity contribution in [2.75, 3.05) is 45.1 Å². The number of oxime groups is 1. The van der Waals surface area contributed by atoms with Crippen molar-refractivity contribution >= 4 is 23.2 Å². The van der Waals surface area contributed by atoms with E-state index in [0.717, 1.165) is 48.6 Å². The molecule has 3 heterocycles. The lowest BCUT2D eigenvalue weighted by Gasteiger charge is -2.32. The van der Waals surface area contributed by atoms with E-state index in [1.165, 1.54) is 0 Å². The molecular formula is C30H34N6O3. The number of benzene rings is 2. The van der Waals surface area contributed by atoms with Crippen molar-refractivity contribution in [2.45, 2.75) is 25.0 Å². The summed E-state index contributed by atoms with van der Waals surface area (Å²) in [6.45, 7) is 4.08. The molecule has 39 heavy (non-hydrogen) atoms. The largest absolute Gasteiger partial charge is 0.391 e. The zero-order valence-corrected chi connectivity index (χ0v) is 22.1. The van der Waals surface area contributed by atoms with Gasteiger partial charge in [0, 0.05) is 56.2 Å². The van der Waals surface area contributed by atoms with E-state index in [1.54, 1.807) is 12.4 Å². The maximum atomic E-state index is 13.0. The summed E-state index contributed by atoms with van der Waals surface area (Å²) < 4.78 is 0. The minimum atomic E-state index is -0.308. The molecule has 2 aliphatic rings.